The van der Waals surface area contributed by atoms with Gasteiger partial charge in [-0.3, -0.25) is 9.59 Å². The molecule has 1 saturated carbocycles. The number of hydrogen-bond donors (Lipinski definition) is 0. The Morgan fingerprint density at radius 3 is 2.04 bits per heavy atom. The fourth-order valence-corrected chi connectivity index (χ4v) is 4.51. The van der Waals surface area contributed by atoms with Crippen LogP contribution in [0.5, 0.6) is 0 Å². The lowest BCUT2D eigenvalue weighted by Crippen LogP contribution is -2.33. The zero-order valence-corrected chi connectivity index (χ0v) is 13.7. The first-order chi connectivity index (χ1) is 11.7. The van der Waals surface area contributed by atoms with Crippen molar-refractivity contribution in [3.8, 4) is 0 Å². The molecule has 0 aromatic heterocycles. The van der Waals surface area contributed by atoms with Crippen molar-refractivity contribution in [2.45, 2.75) is 20.0 Å². The van der Waals surface area contributed by atoms with Crippen LogP contribution < -0.4 is 4.90 Å². The van der Waals surface area contributed by atoms with Crippen LogP contribution in [0, 0.1) is 23.7 Å². The predicted molar refractivity (Wildman–Crippen MR) is 85.4 cm³/mol. The van der Waals surface area contributed by atoms with E-state index in [2.05, 4.69) is 0 Å². The van der Waals surface area contributed by atoms with Gasteiger partial charge in [0.15, 0.2) is 0 Å². The van der Waals surface area contributed by atoms with Crippen molar-refractivity contribution in [3.05, 3.63) is 53.1 Å². The molecule has 3 nitrogen and oxygen atoms in total. The summed E-state index contributed by atoms with van der Waals surface area (Å²) in [5, 5.41) is 0. The van der Waals surface area contributed by atoms with E-state index in [0.717, 1.165) is 28.2 Å². The largest absolute Gasteiger partial charge is 0.416 e. The van der Waals surface area contributed by atoms with Crippen LogP contribution in [-0.4, -0.2) is 11.8 Å². The van der Waals surface area contributed by atoms with Crippen molar-refractivity contribution >= 4 is 17.5 Å². The van der Waals surface area contributed by atoms with E-state index in [9.17, 15) is 22.8 Å². The lowest BCUT2D eigenvalue weighted by Gasteiger charge is -2.20. The van der Waals surface area contributed by atoms with Crippen molar-refractivity contribution in [1.29, 1.82) is 0 Å². The summed E-state index contributed by atoms with van der Waals surface area (Å²) in [4.78, 5) is 26.7. The number of hydrogen-bond acceptors (Lipinski definition) is 2. The van der Waals surface area contributed by atoms with E-state index in [1.807, 2.05) is 26.0 Å². The Labute approximate surface area is 142 Å². The van der Waals surface area contributed by atoms with Gasteiger partial charge in [0, 0.05) is 11.8 Å². The molecule has 3 aliphatic rings. The maximum Gasteiger partial charge on any atom is 0.416 e. The first kappa shape index (κ1) is 16.1. The maximum absolute atomic E-state index is 12.9. The van der Waals surface area contributed by atoms with Crippen molar-refractivity contribution in [1.82, 2.24) is 0 Å². The predicted octanol–water partition coefficient (Wildman–Crippen LogP) is 3.96. The van der Waals surface area contributed by atoms with Crippen LogP contribution in [0.2, 0.25) is 0 Å². The Bertz CT molecular complexity index is 814. The first-order valence-electron chi connectivity index (χ1n) is 8.12. The smallest absolute Gasteiger partial charge is 0.274 e. The molecule has 0 spiro atoms. The van der Waals surface area contributed by atoms with Crippen LogP contribution in [0.25, 0.3) is 0 Å². The molecule has 4 rings (SSSR count). The fraction of sp³-hybridized carbons (Fsp3) is 0.368. The second-order valence-corrected chi connectivity index (χ2v) is 7.00. The zero-order valence-electron chi connectivity index (χ0n) is 13.7. The van der Waals surface area contributed by atoms with Crippen molar-refractivity contribution in [3.63, 3.8) is 0 Å². The van der Waals surface area contributed by atoms with Crippen LogP contribution in [-0.2, 0) is 15.8 Å². The number of fused-ring (bicyclic) bond motifs is 5. The molecule has 1 aromatic carbocycles. The van der Waals surface area contributed by atoms with Gasteiger partial charge in [-0.05, 0) is 32.0 Å². The van der Waals surface area contributed by atoms with Gasteiger partial charge in [-0.25, -0.2) is 4.90 Å². The SMILES string of the molecule is CC(C)=C1[C@@H]2C=C[C@@H]1[C@H]1C(=O)N(c3cccc(C(F)(F)F)c3)C(=O)[C@@H]12. The molecular formula is C19H16F3NO2. The summed E-state index contributed by atoms with van der Waals surface area (Å²) in [5.74, 6) is -2.03. The molecular weight excluding hydrogens is 331 g/mol. The van der Waals surface area contributed by atoms with Crippen LogP contribution in [0.3, 0.4) is 0 Å². The molecule has 1 heterocycles. The number of nitrogens with zero attached hydrogens (tertiary/aromatic N) is 1. The third kappa shape index (κ3) is 2.12. The number of amides is 2. The third-order valence-electron chi connectivity index (χ3n) is 5.42. The molecule has 4 atom stereocenters. The minimum Gasteiger partial charge on any atom is -0.274 e. The minimum atomic E-state index is -4.52. The number of anilines is 1. The molecule has 0 unspecified atom stereocenters. The van der Waals surface area contributed by atoms with Gasteiger partial charge >= 0.3 is 6.18 Å². The molecule has 130 valence electrons. The Morgan fingerprint density at radius 1 is 1.00 bits per heavy atom. The van der Waals surface area contributed by atoms with Gasteiger partial charge in [0.25, 0.3) is 0 Å². The van der Waals surface area contributed by atoms with Crippen LogP contribution >= 0.6 is 0 Å². The highest BCUT2D eigenvalue weighted by molar-refractivity contribution is 6.23. The van der Waals surface area contributed by atoms with E-state index in [1.165, 1.54) is 12.1 Å². The van der Waals surface area contributed by atoms with Gasteiger partial charge in [0.05, 0.1) is 23.1 Å². The quantitative estimate of drug-likeness (QED) is 0.570. The van der Waals surface area contributed by atoms with E-state index in [4.69, 9.17) is 0 Å². The monoisotopic (exact) mass is 347 g/mol. The minimum absolute atomic E-state index is 0.00243. The summed E-state index contributed by atoms with van der Waals surface area (Å²) in [5.41, 5.74) is 1.34. The number of benzene rings is 1. The average Bonchev–Trinajstić information content (AvgIpc) is 3.17. The van der Waals surface area contributed by atoms with Gasteiger partial charge in [0.1, 0.15) is 0 Å². The molecule has 1 saturated heterocycles. The average molecular weight is 347 g/mol. The summed E-state index contributed by atoms with van der Waals surface area (Å²) in [6.07, 6.45) is -0.614. The number of rotatable bonds is 1. The summed E-state index contributed by atoms with van der Waals surface area (Å²) in [6, 6.07) is 4.40. The standard InChI is InChI=1S/C19H16F3NO2/c1-9(2)14-12-6-7-13(14)16-15(12)17(24)23(18(16)25)11-5-3-4-10(8-11)19(20,21)22/h3-8,12-13,15-16H,1-2H3/t12-,13-,15+,16+/m0/s1. The molecule has 2 aliphatic carbocycles. The zero-order chi connectivity index (χ0) is 18.1. The lowest BCUT2D eigenvalue weighted by molar-refractivity contribution is -0.137. The number of carbonyl (C=O) groups is 2. The summed E-state index contributed by atoms with van der Waals surface area (Å²) in [7, 11) is 0. The number of allylic oxidation sites excluding steroid dienone is 4. The number of imide groups is 1. The van der Waals surface area contributed by atoms with Crippen molar-refractivity contribution in [2.24, 2.45) is 23.7 Å². The molecule has 0 radical (unpaired) electrons. The van der Waals surface area contributed by atoms with Crippen LogP contribution in [0.15, 0.2) is 47.6 Å². The molecule has 2 bridgehead atoms. The number of halogens is 3. The van der Waals surface area contributed by atoms with Gasteiger partial charge in [0.2, 0.25) is 11.8 Å². The summed E-state index contributed by atoms with van der Waals surface area (Å²) in [6.45, 7) is 3.92. The highest BCUT2D eigenvalue weighted by Gasteiger charge is 2.62. The second kappa shape index (κ2) is 5.07. The molecule has 6 heteroatoms. The normalized spacial score (nSPS) is 30.4. The fourth-order valence-electron chi connectivity index (χ4n) is 4.51. The lowest BCUT2D eigenvalue weighted by atomic mass is 9.85. The van der Waals surface area contributed by atoms with E-state index in [1.54, 1.807) is 0 Å². The van der Waals surface area contributed by atoms with E-state index < -0.39 is 35.4 Å². The third-order valence-corrected chi connectivity index (χ3v) is 5.42. The Morgan fingerprint density at radius 2 is 1.56 bits per heavy atom. The summed E-state index contributed by atoms with van der Waals surface area (Å²) >= 11 is 0. The topological polar surface area (TPSA) is 37.4 Å². The Hall–Kier alpha value is -2.37. The molecule has 1 aliphatic heterocycles. The van der Waals surface area contributed by atoms with Crippen molar-refractivity contribution < 1.29 is 22.8 Å². The van der Waals surface area contributed by atoms with Gasteiger partial charge in [-0.1, -0.05) is 29.4 Å². The molecule has 25 heavy (non-hydrogen) atoms. The number of carbonyl (C=O) groups excluding carboxylic acids is 2. The van der Waals surface area contributed by atoms with Gasteiger partial charge < -0.3 is 0 Å². The molecule has 2 amide bonds. The summed E-state index contributed by atoms with van der Waals surface area (Å²) < 4.78 is 38.8. The molecule has 2 fully saturated rings. The van der Waals surface area contributed by atoms with E-state index in [-0.39, 0.29) is 17.5 Å². The molecule has 1 aromatic rings. The highest BCUT2D eigenvalue weighted by Crippen LogP contribution is 2.57. The second-order valence-electron chi connectivity index (χ2n) is 7.00. The highest BCUT2D eigenvalue weighted by atomic mass is 19.4. The molecule has 0 N–H and O–H groups in total. The van der Waals surface area contributed by atoms with E-state index in [0.29, 0.717) is 0 Å². The Balaban J connectivity index is 1.74. The Kier molecular flexibility index (Phi) is 3.27. The van der Waals surface area contributed by atoms with Crippen LogP contribution in [0.4, 0.5) is 18.9 Å². The first-order valence-corrected chi connectivity index (χ1v) is 8.12. The van der Waals surface area contributed by atoms with Gasteiger partial charge in [-0.15, -0.1) is 0 Å². The number of alkyl halides is 3. The van der Waals surface area contributed by atoms with Crippen molar-refractivity contribution in [2.75, 3.05) is 4.90 Å². The van der Waals surface area contributed by atoms with Crippen LogP contribution in [0.1, 0.15) is 19.4 Å². The van der Waals surface area contributed by atoms with Gasteiger partial charge in [-0.2, -0.15) is 13.2 Å². The van der Waals surface area contributed by atoms with E-state index >= 15 is 0 Å². The maximum atomic E-state index is 12.9.